The molecule has 0 radical (unpaired) electrons. The van der Waals surface area contributed by atoms with Gasteiger partial charge < -0.3 is 10.2 Å². The fraction of sp³-hybridized carbons (Fsp3) is 0.750. The molecular weight excluding hydrogens is 296 g/mol. The molecule has 0 aliphatic carbocycles. The average Bonchev–Trinajstić information content (AvgIpc) is 2.98. The van der Waals surface area contributed by atoms with E-state index < -0.39 is 10.0 Å². The highest BCUT2D eigenvalue weighted by Crippen LogP contribution is 2.20. The van der Waals surface area contributed by atoms with Crippen LogP contribution in [-0.2, 0) is 10.0 Å². The van der Waals surface area contributed by atoms with Gasteiger partial charge in [-0.15, -0.1) is 11.3 Å². The summed E-state index contributed by atoms with van der Waals surface area (Å²) in [4.78, 5) is 6.42. The van der Waals surface area contributed by atoms with Gasteiger partial charge in [0.25, 0.3) is 0 Å². The van der Waals surface area contributed by atoms with E-state index in [1.165, 1.54) is 0 Å². The second-order valence-electron chi connectivity index (χ2n) is 4.83. The standard InChI is InChI=1S/C12H22N4O2S2/c1-13-4-2-3-11-20(17,18)16-8-6-15(7-9-16)12-14-5-10-19-12/h5,10,13H,2-4,6-9,11H2,1H3. The number of hydrogen-bond acceptors (Lipinski definition) is 6. The number of nitrogens with zero attached hydrogens (tertiary/aromatic N) is 3. The van der Waals surface area contributed by atoms with Gasteiger partial charge in [0.05, 0.1) is 5.75 Å². The Morgan fingerprint density at radius 2 is 2.05 bits per heavy atom. The summed E-state index contributed by atoms with van der Waals surface area (Å²) >= 11 is 1.60. The molecule has 2 heterocycles. The minimum Gasteiger partial charge on any atom is -0.345 e. The Labute approximate surface area is 124 Å². The Kier molecular flexibility index (Phi) is 5.76. The van der Waals surface area contributed by atoms with Crippen LogP contribution in [0.1, 0.15) is 12.8 Å². The van der Waals surface area contributed by atoms with E-state index in [9.17, 15) is 8.42 Å². The lowest BCUT2D eigenvalue weighted by Crippen LogP contribution is -2.49. The maximum Gasteiger partial charge on any atom is 0.214 e. The number of anilines is 1. The van der Waals surface area contributed by atoms with Gasteiger partial charge in [0, 0.05) is 37.8 Å². The van der Waals surface area contributed by atoms with Gasteiger partial charge in [0.15, 0.2) is 5.13 Å². The van der Waals surface area contributed by atoms with Crippen LogP contribution in [0, 0.1) is 0 Å². The van der Waals surface area contributed by atoms with Crippen LogP contribution in [0.2, 0.25) is 0 Å². The number of unbranched alkanes of at least 4 members (excludes halogenated alkanes) is 1. The molecule has 0 atom stereocenters. The number of nitrogens with one attached hydrogen (secondary N) is 1. The Bertz CT molecular complexity index is 482. The summed E-state index contributed by atoms with van der Waals surface area (Å²) in [5, 5.41) is 5.96. The van der Waals surface area contributed by atoms with E-state index in [1.54, 1.807) is 21.8 Å². The summed E-state index contributed by atoms with van der Waals surface area (Å²) in [5.41, 5.74) is 0. The highest BCUT2D eigenvalue weighted by atomic mass is 32.2. The zero-order valence-electron chi connectivity index (χ0n) is 11.8. The van der Waals surface area contributed by atoms with E-state index >= 15 is 0 Å². The van der Waals surface area contributed by atoms with E-state index in [-0.39, 0.29) is 5.75 Å². The SMILES string of the molecule is CNCCCCS(=O)(=O)N1CCN(c2nccs2)CC1. The number of rotatable bonds is 7. The van der Waals surface area contributed by atoms with E-state index in [1.807, 2.05) is 12.4 Å². The molecule has 2 rings (SSSR count). The third kappa shape index (κ3) is 4.15. The molecule has 1 aliphatic heterocycles. The monoisotopic (exact) mass is 318 g/mol. The molecule has 0 saturated carbocycles. The second kappa shape index (κ2) is 7.35. The third-order valence-corrected chi connectivity index (χ3v) is 6.19. The number of sulfonamides is 1. The fourth-order valence-electron chi connectivity index (χ4n) is 2.24. The van der Waals surface area contributed by atoms with Crippen LogP contribution in [0.15, 0.2) is 11.6 Å². The third-order valence-electron chi connectivity index (χ3n) is 3.40. The van der Waals surface area contributed by atoms with Gasteiger partial charge >= 0.3 is 0 Å². The molecular formula is C12H22N4O2S2. The molecule has 1 N–H and O–H groups in total. The van der Waals surface area contributed by atoms with Crippen molar-refractivity contribution in [3.8, 4) is 0 Å². The van der Waals surface area contributed by atoms with Crippen LogP contribution in [-0.4, -0.2) is 63.2 Å². The van der Waals surface area contributed by atoms with Gasteiger partial charge in [-0.3, -0.25) is 0 Å². The van der Waals surface area contributed by atoms with Gasteiger partial charge in [-0.25, -0.2) is 13.4 Å². The molecule has 8 heteroatoms. The van der Waals surface area contributed by atoms with Crippen molar-refractivity contribution in [3.63, 3.8) is 0 Å². The highest BCUT2D eigenvalue weighted by Gasteiger charge is 2.27. The maximum absolute atomic E-state index is 12.2. The van der Waals surface area contributed by atoms with Crippen LogP contribution in [0.5, 0.6) is 0 Å². The zero-order chi connectivity index (χ0) is 14.4. The first-order valence-corrected chi connectivity index (χ1v) is 9.39. The number of hydrogen-bond donors (Lipinski definition) is 1. The molecule has 0 unspecified atom stereocenters. The lowest BCUT2D eigenvalue weighted by atomic mass is 10.3. The average molecular weight is 318 g/mol. The molecule has 0 spiro atoms. The first-order chi connectivity index (χ1) is 9.63. The van der Waals surface area contributed by atoms with E-state index in [4.69, 9.17) is 0 Å². The molecule has 1 fully saturated rings. The lowest BCUT2D eigenvalue weighted by Gasteiger charge is -2.33. The number of piperazine rings is 1. The largest absolute Gasteiger partial charge is 0.345 e. The minimum atomic E-state index is -3.09. The first kappa shape index (κ1) is 15.7. The van der Waals surface area contributed by atoms with Crippen molar-refractivity contribution in [1.82, 2.24) is 14.6 Å². The Morgan fingerprint density at radius 1 is 1.30 bits per heavy atom. The molecule has 0 amide bonds. The highest BCUT2D eigenvalue weighted by molar-refractivity contribution is 7.89. The van der Waals surface area contributed by atoms with Gasteiger partial charge in [-0.05, 0) is 26.4 Å². The van der Waals surface area contributed by atoms with Gasteiger partial charge in [-0.2, -0.15) is 4.31 Å². The van der Waals surface area contributed by atoms with Crippen LogP contribution in [0.25, 0.3) is 0 Å². The van der Waals surface area contributed by atoms with Gasteiger partial charge in [0.1, 0.15) is 0 Å². The van der Waals surface area contributed by atoms with Crippen molar-refractivity contribution in [2.45, 2.75) is 12.8 Å². The second-order valence-corrected chi connectivity index (χ2v) is 7.79. The summed E-state index contributed by atoms with van der Waals surface area (Å²) in [6.45, 7) is 3.45. The van der Waals surface area contributed by atoms with Crippen LogP contribution in [0.3, 0.4) is 0 Å². The van der Waals surface area contributed by atoms with Crippen molar-refractivity contribution >= 4 is 26.5 Å². The molecule has 1 aromatic rings. The van der Waals surface area contributed by atoms with Crippen molar-refractivity contribution in [2.75, 3.05) is 50.4 Å². The molecule has 114 valence electrons. The lowest BCUT2D eigenvalue weighted by molar-refractivity contribution is 0.384. The Hall–Kier alpha value is -0.700. The molecule has 6 nitrogen and oxygen atoms in total. The summed E-state index contributed by atoms with van der Waals surface area (Å²) < 4.78 is 26.1. The van der Waals surface area contributed by atoms with Crippen molar-refractivity contribution in [2.24, 2.45) is 0 Å². The smallest absolute Gasteiger partial charge is 0.214 e. The first-order valence-electron chi connectivity index (χ1n) is 6.90. The Morgan fingerprint density at radius 3 is 2.65 bits per heavy atom. The van der Waals surface area contributed by atoms with Crippen molar-refractivity contribution in [1.29, 1.82) is 0 Å². The predicted molar refractivity (Wildman–Crippen MR) is 82.8 cm³/mol. The normalized spacial score (nSPS) is 17.6. The van der Waals surface area contributed by atoms with E-state index in [0.29, 0.717) is 13.1 Å². The summed E-state index contributed by atoms with van der Waals surface area (Å²) in [7, 11) is -1.21. The van der Waals surface area contributed by atoms with E-state index in [0.717, 1.165) is 37.6 Å². The molecule has 1 aromatic heterocycles. The van der Waals surface area contributed by atoms with Crippen LogP contribution in [0.4, 0.5) is 5.13 Å². The summed E-state index contributed by atoms with van der Waals surface area (Å²) in [6, 6.07) is 0. The number of aromatic nitrogens is 1. The predicted octanol–water partition coefficient (Wildman–Crippen LogP) is 0.595. The quantitative estimate of drug-likeness (QED) is 0.746. The molecule has 1 aliphatic rings. The van der Waals surface area contributed by atoms with Gasteiger partial charge in [0.2, 0.25) is 10.0 Å². The molecule has 1 saturated heterocycles. The summed E-state index contributed by atoms with van der Waals surface area (Å²) in [5.74, 6) is 0.256. The molecule has 0 bridgehead atoms. The summed E-state index contributed by atoms with van der Waals surface area (Å²) in [6.07, 6.45) is 3.40. The molecule has 0 aromatic carbocycles. The van der Waals surface area contributed by atoms with Crippen molar-refractivity contribution < 1.29 is 8.42 Å². The fourth-order valence-corrected chi connectivity index (χ4v) is 4.49. The number of thiazole rings is 1. The minimum absolute atomic E-state index is 0.256. The van der Waals surface area contributed by atoms with Crippen LogP contribution < -0.4 is 10.2 Å². The molecule has 20 heavy (non-hydrogen) atoms. The topological polar surface area (TPSA) is 65.5 Å². The maximum atomic E-state index is 12.2. The Balaban J connectivity index is 1.80. The zero-order valence-corrected chi connectivity index (χ0v) is 13.4. The van der Waals surface area contributed by atoms with Crippen molar-refractivity contribution in [3.05, 3.63) is 11.6 Å². The van der Waals surface area contributed by atoms with E-state index in [2.05, 4.69) is 15.2 Å². The van der Waals surface area contributed by atoms with Gasteiger partial charge in [-0.1, -0.05) is 0 Å². The van der Waals surface area contributed by atoms with Crippen LogP contribution >= 0.6 is 11.3 Å².